The first kappa shape index (κ1) is 20.5. The first-order valence-electron chi connectivity index (χ1n) is 10.3. The molecule has 2 fully saturated rings. The zero-order valence-electron chi connectivity index (χ0n) is 16.9. The minimum atomic E-state index is -0.684. The van der Waals surface area contributed by atoms with Gasteiger partial charge in [0.1, 0.15) is 0 Å². The van der Waals surface area contributed by atoms with Crippen LogP contribution in [0.2, 0.25) is 5.02 Å². The Hall–Kier alpha value is -3.45. The number of nitrogens with one attached hydrogen (secondary N) is 1. The van der Waals surface area contributed by atoms with Crippen LogP contribution >= 0.6 is 11.6 Å². The molecule has 1 saturated carbocycles. The molecule has 1 heterocycles. The van der Waals surface area contributed by atoms with Crippen molar-refractivity contribution in [3.63, 3.8) is 0 Å². The maximum absolute atomic E-state index is 12.9. The standard InChI is InChI=1S/C24H19ClN2O5/c25-16-2-1-3-17(11-16)26-19(28)12-32-24(31)13-6-8-18(9-7-13)27-22(29)20-14-4-5-15(10-14)21(20)23(27)30/h1-9,11,14-15,20-21H,10,12H2,(H,26,28)/t14-,15-,20-,21+/m0/s1. The van der Waals surface area contributed by atoms with Crippen LogP contribution in [0.3, 0.4) is 0 Å². The predicted molar refractivity (Wildman–Crippen MR) is 117 cm³/mol. The van der Waals surface area contributed by atoms with Gasteiger partial charge in [-0.2, -0.15) is 0 Å². The van der Waals surface area contributed by atoms with Crippen LogP contribution in [-0.2, 0) is 19.1 Å². The molecule has 0 radical (unpaired) electrons. The molecule has 1 N–H and O–H groups in total. The Morgan fingerprint density at radius 1 is 1.00 bits per heavy atom. The lowest BCUT2D eigenvalue weighted by Crippen LogP contribution is -2.32. The minimum Gasteiger partial charge on any atom is -0.452 e. The van der Waals surface area contributed by atoms with Crippen molar-refractivity contribution in [2.75, 3.05) is 16.8 Å². The summed E-state index contributed by atoms with van der Waals surface area (Å²) < 4.78 is 5.06. The second kappa shape index (κ2) is 7.91. The Morgan fingerprint density at radius 3 is 2.28 bits per heavy atom. The van der Waals surface area contributed by atoms with Crippen LogP contribution in [0.5, 0.6) is 0 Å². The van der Waals surface area contributed by atoms with Crippen molar-refractivity contribution in [1.29, 1.82) is 0 Å². The number of allylic oxidation sites excluding steroid dienone is 2. The highest BCUT2D eigenvalue weighted by molar-refractivity contribution is 6.30. The largest absolute Gasteiger partial charge is 0.452 e. The quantitative estimate of drug-likeness (QED) is 0.428. The number of carbonyl (C=O) groups is 4. The van der Waals surface area contributed by atoms with Crippen molar-refractivity contribution in [3.8, 4) is 0 Å². The number of anilines is 2. The number of ether oxygens (including phenoxy) is 1. The van der Waals surface area contributed by atoms with Crippen LogP contribution in [0.1, 0.15) is 16.8 Å². The van der Waals surface area contributed by atoms with Gasteiger partial charge in [0.15, 0.2) is 6.61 Å². The molecule has 2 bridgehead atoms. The van der Waals surface area contributed by atoms with Gasteiger partial charge in [0.25, 0.3) is 5.91 Å². The topological polar surface area (TPSA) is 92.8 Å². The maximum atomic E-state index is 12.9. The average Bonchev–Trinajstić information content (AvgIpc) is 3.46. The van der Waals surface area contributed by atoms with Crippen molar-refractivity contribution in [1.82, 2.24) is 0 Å². The molecule has 32 heavy (non-hydrogen) atoms. The number of rotatable bonds is 5. The van der Waals surface area contributed by atoms with Gasteiger partial charge in [-0.05, 0) is 60.7 Å². The number of hydrogen-bond donors (Lipinski definition) is 1. The molecular formula is C24H19ClN2O5. The van der Waals surface area contributed by atoms with Gasteiger partial charge >= 0.3 is 5.97 Å². The van der Waals surface area contributed by atoms with Gasteiger partial charge in [0.05, 0.1) is 23.1 Å². The summed E-state index contributed by atoms with van der Waals surface area (Å²) in [5.74, 6) is -1.82. The van der Waals surface area contributed by atoms with E-state index in [2.05, 4.69) is 5.32 Å². The first-order chi connectivity index (χ1) is 15.4. The molecule has 1 aliphatic heterocycles. The highest BCUT2D eigenvalue weighted by Gasteiger charge is 2.59. The Bertz CT molecular complexity index is 1130. The second-order valence-corrected chi connectivity index (χ2v) is 8.63. The van der Waals surface area contributed by atoms with E-state index >= 15 is 0 Å². The molecule has 162 valence electrons. The lowest BCUT2D eigenvalue weighted by Gasteiger charge is -2.17. The van der Waals surface area contributed by atoms with E-state index in [-0.39, 0.29) is 41.0 Å². The summed E-state index contributed by atoms with van der Waals surface area (Å²) in [5, 5.41) is 3.06. The summed E-state index contributed by atoms with van der Waals surface area (Å²) in [6.45, 7) is -0.463. The van der Waals surface area contributed by atoms with E-state index in [1.165, 1.54) is 17.0 Å². The third-order valence-corrected chi connectivity index (χ3v) is 6.51. The van der Waals surface area contributed by atoms with Crippen molar-refractivity contribution in [3.05, 3.63) is 71.3 Å². The van der Waals surface area contributed by atoms with Crippen LogP contribution in [0.15, 0.2) is 60.7 Å². The number of halogens is 1. The molecule has 8 heteroatoms. The van der Waals surface area contributed by atoms with E-state index in [4.69, 9.17) is 16.3 Å². The third kappa shape index (κ3) is 3.48. The van der Waals surface area contributed by atoms with Gasteiger partial charge < -0.3 is 10.1 Å². The maximum Gasteiger partial charge on any atom is 0.338 e. The van der Waals surface area contributed by atoms with E-state index in [0.29, 0.717) is 16.4 Å². The molecule has 2 aromatic carbocycles. The number of fused-ring (bicyclic) bond motifs is 5. The van der Waals surface area contributed by atoms with Gasteiger partial charge in [0, 0.05) is 10.7 Å². The zero-order valence-corrected chi connectivity index (χ0v) is 17.6. The molecule has 0 aromatic heterocycles. The number of esters is 1. The van der Waals surface area contributed by atoms with E-state index in [1.807, 2.05) is 12.2 Å². The fourth-order valence-electron chi connectivity index (χ4n) is 4.88. The second-order valence-electron chi connectivity index (χ2n) is 8.19. The smallest absolute Gasteiger partial charge is 0.338 e. The SMILES string of the molecule is O=C(COC(=O)c1ccc(N2C(=O)[C@@H]3[C@H](C2=O)[C@H]2C=C[C@H]3C2)cc1)Nc1cccc(Cl)c1. The molecule has 7 nitrogen and oxygen atoms in total. The summed E-state index contributed by atoms with van der Waals surface area (Å²) in [7, 11) is 0. The first-order valence-corrected chi connectivity index (χ1v) is 10.7. The Balaban J connectivity index is 1.20. The van der Waals surface area contributed by atoms with Gasteiger partial charge in [0.2, 0.25) is 11.8 Å². The number of amides is 3. The van der Waals surface area contributed by atoms with E-state index < -0.39 is 18.5 Å². The molecular weight excluding hydrogens is 432 g/mol. The van der Waals surface area contributed by atoms with E-state index in [1.54, 1.807) is 36.4 Å². The lowest BCUT2D eigenvalue weighted by atomic mass is 9.85. The van der Waals surface area contributed by atoms with Crippen LogP contribution in [0.4, 0.5) is 11.4 Å². The Labute approximate surface area is 189 Å². The predicted octanol–water partition coefficient (Wildman–Crippen LogP) is 3.45. The van der Waals surface area contributed by atoms with E-state index in [9.17, 15) is 19.2 Å². The number of benzene rings is 2. The summed E-state index contributed by atoms with van der Waals surface area (Å²) >= 11 is 5.87. The highest BCUT2D eigenvalue weighted by Crippen LogP contribution is 2.53. The fraction of sp³-hybridized carbons (Fsp3) is 0.250. The van der Waals surface area contributed by atoms with Crippen molar-refractivity contribution in [2.24, 2.45) is 23.7 Å². The normalized spacial score (nSPS) is 25.2. The van der Waals surface area contributed by atoms with Gasteiger partial charge in [-0.1, -0.05) is 29.8 Å². The van der Waals surface area contributed by atoms with E-state index in [0.717, 1.165) is 6.42 Å². The Kier molecular flexibility index (Phi) is 5.06. The lowest BCUT2D eigenvalue weighted by molar-refractivity contribution is -0.123. The molecule has 0 spiro atoms. The number of carbonyl (C=O) groups excluding carboxylic acids is 4. The molecule has 0 unspecified atom stereocenters. The molecule has 1 saturated heterocycles. The molecule has 5 rings (SSSR count). The number of hydrogen-bond acceptors (Lipinski definition) is 5. The number of nitrogens with zero attached hydrogens (tertiary/aromatic N) is 1. The van der Waals surface area contributed by atoms with Crippen LogP contribution in [0.25, 0.3) is 0 Å². The molecule has 2 aliphatic carbocycles. The fourth-order valence-corrected chi connectivity index (χ4v) is 5.07. The van der Waals surface area contributed by atoms with Crippen LogP contribution in [0, 0.1) is 23.7 Å². The third-order valence-electron chi connectivity index (χ3n) is 6.27. The zero-order chi connectivity index (χ0) is 22.4. The van der Waals surface area contributed by atoms with Crippen molar-refractivity contribution >= 4 is 46.7 Å². The summed E-state index contributed by atoms with van der Waals surface area (Å²) in [5.41, 5.74) is 1.14. The van der Waals surface area contributed by atoms with Gasteiger partial charge in [-0.15, -0.1) is 0 Å². The summed E-state index contributed by atoms with van der Waals surface area (Å²) in [6, 6.07) is 12.7. The molecule has 3 amide bonds. The average molecular weight is 451 g/mol. The highest BCUT2D eigenvalue weighted by atomic mass is 35.5. The summed E-state index contributed by atoms with van der Waals surface area (Å²) in [4.78, 5) is 51.3. The molecule has 4 atom stereocenters. The van der Waals surface area contributed by atoms with Gasteiger partial charge in [-0.3, -0.25) is 19.3 Å². The Morgan fingerprint density at radius 2 is 1.66 bits per heavy atom. The molecule has 2 aromatic rings. The van der Waals surface area contributed by atoms with Crippen LogP contribution in [-0.4, -0.2) is 30.3 Å². The molecule has 3 aliphatic rings. The van der Waals surface area contributed by atoms with Gasteiger partial charge in [-0.25, -0.2) is 4.79 Å². The number of imide groups is 1. The van der Waals surface area contributed by atoms with Crippen molar-refractivity contribution in [2.45, 2.75) is 6.42 Å². The monoisotopic (exact) mass is 450 g/mol. The minimum absolute atomic E-state index is 0.138. The van der Waals surface area contributed by atoms with Crippen LogP contribution < -0.4 is 10.2 Å². The summed E-state index contributed by atoms with van der Waals surface area (Å²) in [6.07, 6.45) is 4.96. The van der Waals surface area contributed by atoms with Crippen molar-refractivity contribution < 1.29 is 23.9 Å².